The van der Waals surface area contributed by atoms with Crippen molar-refractivity contribution in [1.29, 1.82) is 0 Å². The van der Waals surface area contributed by atoms with Crippen LogP contribution in [-0.4, -0.2) is 18.1 Å². The summed E-state index contributed by atoms with van der Waals surface area (Å²) in [6.45, 7) is 3.92. The summed E-state index contributed by atoms with van der Waals surface area (Å²) >= 11 is 4.86. The molecule has 0 aliphatic heterocycles. The highest BCUT2D eigenvalue weighted by Crippen LogP contribution is 2.24. The minimum Gasteiger partial charge on any atom is -0.390 e. The van der Waals surface area contributed by atoms with Crippen molar-refractivity contribution in [2.75, 3.05) is 0 Å². The Morgan fingerprint density at radius 1 is 1.48 bits per heavy atom. The monoisotopic (exact) mass is 392 g/mol. The van der Waals surface area contributed by atoms with Crippen molar-refractivity contribution in [3.8, 4) is 0 Å². The number of nitrogens with zero attached hydrogens (tertiary/aromatic N) is 1. The number of hydrogen-bond donors (Lipinski definition) is 2. The normalized spacial score (nSPS) is 12.2. The van der Waals surface area contributed by atoms with Gasteiger partial charge in [-0.1, -0.05) is 0 Å². The average Bonchev–Trinajstić information content (AvgIpc) is 3.02. The molecule has 0 amide bonds. The fourth-order valence-corrected chi connectivity index (χ4v) is 4.51. The Kier molecular flexibility index (Phi) is 5.26. The van der Waals surface area contributed by atoms with Gasteiger partial charge in [-0.15, -0.1) is 11.3 Å². The molecule has 0 saturated heterocycles. The highest BCUT2D eigenvalue weighted by atomic mass is 79.9. The van der Waals surface area contributed by atoms with Gasteiger partial charge in [0.15, 0.2) is 0 Å². The van der Waals surface area contributed by atoms with Gasteiger partial charge >= 0.3 is 0 Å². The summed E-state index contributed by atoms with van der Waals surface area (Å²) in [4.78, 5) is 1.09. The highest BCUT2D eigenvalue weighted by molar-refractivity contribution is 9.10. The smallest absolute Gasteiger partial charge is 0.242 e. The number of hydrogen-bond acceptors (Lipinski definition) is 4. The number of nitrogens with one attached hydrogen (secondary N) is 1. The van der Waals surface area contributed by atoms with E-state index < -0.39 is 10.0 Å². The lowest BCUT2D eigenvalue weighted by Gasteiger charge is -2.10. The van der Waals surface area contributed by atoms with Crippen LogP contribution in [-0.2, 0) is 23.2 Å². The van der Waals surface area contributed by atoms with Crippen LogP contribution in [0.4, 0.5) is 0 Å². The quantitative estimate of drug-likeness (QED) is 0.793. The molecule has 2 rings (SSSR count). The van der Waals surface area contributed by atoms with Crippen LogP contribution in [0.2, 0.25) is 0 Å². The van der Waals surface area contributed by atoms with Crippen molar-refractivity contribution in [2.45, 2.75) is 37.9 Å². The van der Waals surface area contributed by atoms with E-state index in [4.69, 9.17) is 0 Å². The third kappa shape index (κ3) is 3.75. The number of sulfonamides is 1. The predicted octanol–water partition coefficient (Wildman–Crippen LogP) is 2.86. The van der Waals surface area contributed by atoms with Crippen LogP contribution in [0.25, 0.3) is 0 Å². The third-order valence-corrected chi connectivity index (χ3v) is 6.34. The molecule has 0 saturated carbocycles. The summed E-state index contributed by atoms with van der Waals surface area (Å²) in [5.74, 6) is 0. The van der Waals surface area contributed by atoms with Gasteiger partial charge in [0.1, 0.15) is 0 Å². The molecule has 2 aromatic rings. The van der Waals surface area contributed by atoms with Gasteiger partial charge in [0, 0.05) is 33.8 Å². The second-order valence-electron chi connectivity index (χ2n) is 4.84. The maximum Gasteiger partial charge on any atom is 0.242 e. The van der Waals surface area contributed by atoms with Gasteiger partial charge in [0.05, 0.1) is 11.5 Å². The molecule has 0 aliphatic carbocycles. The van der Waals surface area contributed by atoms with Crippen molar-refractivity contribution in [3.05, 3.63) is 38.8 Å². The molecule has 21 heavy (non-hydrogen) atoms. The molecule has 0 aromatic carbocycles. The minimum atomic E-state index is -3.59. The summed E-state index contributed by atoms with van der Waals surface area (Å²) in [5.41, 5.74) is 0.586. The summed E-state index contributed by atoms with van der Waals surface area (Å²) in [5, 5.41) is 11.2. The van der Waals surface area contributed by atoms with Crippen LogP contribution >= 0.6 is 27.3 Å². The van der Waals surface area contributed by atoms with Crippen LogP contribution in [0.5, 0.6) is 0 Å². The minimum absolute atomic E-state index is 0.0857. The van der Waals surface area contributed by atoms with Crippen LogP contribution < -0.4 is 4.72 Å². The van der Waals surface area contributed by atoms with E-state index in [1.807, 2.05) is 25.3 Å². The first-order chi connectivity index (χ1) is 9.85. The zero-order chi connectivity index (χ0) is 15.6. The fraction of sp³-hybridized carbons (Fsp3) is 0.385. The Hall–Kier alpha value is -0.670. The van der Waals surface area contributed by atoms with Gasteiger partial charge in [-0.3, -0.25) is 0 Å². The lowest BCUT2D eigenvalue weighted by atomic mass is 10.3. The molecule has 2 N–H and O–H groups in total. The SMILES string of the molecule is CC(C)n1cc(S(=O)(=O)NCc2sccc2Br)cc1CO. The van der Waals surface area contributed by atoms with Crippen molar-refractivity contribution < 1.29 is 13.5 Å². The molecule has 0 aliphatic rings. The number of rotatable bonds is 6. The standard InChI is InChI=1S/C13H17BrN2O3S2/c1-9(2)16-7-11(5-10(16)8-17)21(18,19)15-6-13-12(14)3-4-20-13/h3-5,7,9,15,17H,6,8H2,1-2H3. The Balaban J connectivity index is 2.21. The maximum atomic E-state index is 12.3. The van der Waals surface area contributed by atoms with Crippen molar-refractivity contribution in [3.63, 3.8) is 0 Å². The highest BCUT2D eigenvalue weighted by Gasteiger charge is 2.19. The molecule has 2 heterocycles. The Labute approximate surface area is 136 Å². The zero-order valence-corrected chi connectivity index (χ0v) is 14.9. The van der Waals surface area contributed by atoms with Crippen LogP contribution in [0, 0.1) is 0 Å². The largest absolute Gasteiger partial charge is 0.390 e. The molecule has 0 fully saturated rings. The van der Waals surface area contributed by atoms with E-state index in [0.29, 0.717) is 5.69 Å². The third-order valence-electron chi connectivity index (χ3n) is 3.05. The molecule has 2 aromatic heterocycles. The van der Waals surface area contributed by atoms with Gasteiger partial charge < -0.3 is 9.67 Å². The van der Waals surface area contributed by atoms with Crippen LogP contribution in [0.15, 0.2) is 33.1 Å². The summed E-state index contributed by atoms with van der Waals surface area (Å²) < 4.78 is 29.9. The lowest BCUT2D eigenvalue weighted by Crippen LogP contribution is -2.22. The summed E-state index contributed by atoms with van der Waals surface area (Å²) in [6, 6.07) is 3.47. The van der Waals surface area contributed by atoms with Crippen LogP contribution in [0.3, 0.4) is 0 Å². The molecule has 0 bridgehead atoms. The van der Waals surface area contributed by atoms with E-state index in [1.165, 1.54) is 17.4 Å². The van der Waals surface area contributed by atoms with E-state index in [1.54, 1.807) is 10.8 Å². The molecular formula is C13H17BrN2O3S2. The maximum absolute atomic E-state index is 12.3. The number of aliphatic hydroxyl groups excluding tert-OH is 1. The molecule has 8 heteroatoms. The van der Waals surface area contributed by atoms with Gasteiger partial charge in [0.2, 0.25) is 10.0 Å². The Bertz CT molecular complexity index is 720. The second-order valence-corrected chi connectivity index (χ2v) is 8.46. The first kappa shape index (κ1) is 16.7. The van der Waals surface area contributed by atoms with E-state index in [2.05, 4.69) is 20.7 Å². The van der Waals surface area contributed by atoms with Gasteiger partial charge in [-0.05, 0) is 47.3 Å². The lowest BCUT2D eigenvalue weighted by molar-refractivity contribution is 0.268. The molecular weight excluding hydrogens is 376 g/mol. The number of aliphatic hydroxyl groups is 1. The van der Waals surface area contributed by atoms with Crippen LogP contribution in [0.1, 0.15) is 30.5 Å². The van der Waals surface area contributed by atoms with Gasteiger partial charge in [0.25, 0.3) is 0 Å². The van der Waals surface area contributed by atoms with Gasteiger partial charge in [-0.2, -0.15) is 0 Å². The Morgan fingerprint density at radius 2 is 2.19 bits per heavy atom. The molecule has 0 atom stereocenters. The number of aromatic nitrogens is 1. The van der Waals surface area contributed by atoms with Gasteiger partial charge in [-0.25, -0.2) is 13.1 Å². The Morgan fingerprint density at radius 3 is 2.67 bits per heavy atom. The van der Waals surface area contributed by atoms with Crippen molar-refractivity contribution in [2.24, 2.45) is 0 Å². The first-order valence-electron chi connectivity index (χ1n) is 6.38. The van der Waals surface area contributed by atoms with E-state index in [-0.39, 0.29) is 24.1 Å². The molecule has 0 unspecified atom stereocenters. The summed E-state index contributed by atoms with van der Waals surface area (Å²) in [6.07, 6.45) is 1.56. The molecule has 0 spiro atoms. The fourth-order valence-electron chi connectivity index (χ4n) is 1.95. The van der Waals surface area contributed by atoms with Crippen molar-refractivity contribution >= 4 is 37.3 Å². The van der Waals surface area contributed by atoms with Crippen molar-refractivity contribution in [1.82, 2.24) is 9.29 Å². The zero-order valence-electron chi connectivity index (χ0n) is 11.7. The predicted molar refractivity (Wildman–Crippen MR) is 86.8 cm³/mol. The number of halogens is 1. The second kappa shape index (κ2) is 6.62. The van der Waals surface area contributed by atoms with E-state index in [0.717, 1.165) is 9.35 Å². The first-order valence-corrected chi connectivity index (χ1v) is 9.54. The molecule has 116 valence electrons. The summed E-state index contributed by atoms with van der Waals surface area (Å²) in [7, 11) is -3.59. The number of thiophene rings is 1. The van der Waals surface area contributed by atoms with E-state index in [9.17, 15) is 13.5 Å². The van der Waals surface area contributed by atoms with E-state index >= 15 is 0 Å². The topological polar surface area (TPSA) is 71.3 Å². The average molecular weight is 393 g/mol. The molecule has 0 radical (unpaired) electrons. The molecule has 5 nitrogen and oxygen atoms in total.